The number of hydrogen-bond donors (Lipinski definition) is 1. The quantitative estimate of drug-likeness (QED) is 0.892. The summed E-state index contributed by atoms with van der Waals surface area (Å²) >= 11 is 7.72. The molecule has 88 valence electrons. The molecule has 2 rings (SSSR count). The molecule has 0 amide bonds. The van der Waals surface area contributed by atoms with Crippen molar-refractivity contribution in [3.8, 4) is 0 Å². The maximum absolute atomic E-state index is 12.9. The minimum absolute atomic E-state index is 0.206. The average Bonchev–Trinajstić information content (AvgIpc) is 2.32. The summed E-state index contributed by atoms with van der Waals surface area (Å²) in [7, 11) is 0. The second-order valence-corrected chi connectivity index (χ2v) is 5.60. The van der Waals surface area contributed by atoms with E-state index >= 15 is 0 Å². The van der Waals surface area contributed by atoms with Crippen molar-refractivity contribution >= 4 is 23.4 Å². The number of halogens is 2. The molecule has 16 heavy (non-hydrogen) atoms. The maximum atomic E-state index is 12.9. The molecule has 1 N–H and O–H groups in total. The van der Waals surface area contributed by atoms with Crippen LogP contribution in [0.15, 0.2) is 18.2 Å². The third kappa shape index (κ3) is 3.37. The molecule has 1 fully saturated rings. The predicted octanol–water partition coefficient (Wildman–Crippen LogP) is 3.46. The Kier molecular flexibility index (Phi) is 4.50. The fraction of sp³-hybridized carbons (Fsp3) is 0.500. The summed E-state index contributed by atoms with van der Waals surface area (Å²) in [5, 5.41) is 3.69. The van der Waals surface area contributed by atoms with Crippen LogP contribution in [0.1, 0.15) is 18.4 Å². The van der Waals surface area contributed by atoms with E-state index in [1.54, 1.807) is 12.1 Å². The molecule has 1 aliphatic heterocycles. The highest BCUT2D eigenvalue weighted by molar-refractivity contribution is 7.99. The number of hydrogen-bond acceptors (Lipinski definition) is 2. The summed E-state index contributed by atoms with van der Waals surface area (Å²) in [5.74, 6) is 2.11. The van der Waals surface area contributed by atoms with Crippen molar-refractivity contribution in [2.24, 2.45) is 0 Å². The molecule has 0 bridgehead atoms. The first-order chi connectivity index (χ1) is 7.75. The highest BCUT2D eigenvalue weighted by Crippen LogP contribution is 2.19. The molecule has 0 spiro atoms. The molecule has 4 heteroatoms. The van der Waals surface area contributed by atoms with Crippen molar-refractivity contribution in [1.82, 2.24) is 5.32 Å². The zero-order valence-corrected chi connectivity index (χ0v) is 10.6. The molecule has 1 atom stereocenters. The molecular formula is C12H15ClFNS. The fourth-order valence-corrected chi connectivity index (χ4v) is 3.12. The van der Waals surface area contributed by atoms with Crippen LogP contribution in [-0.4, -0.2) is 17.5 Å². The summed E-state index contributed by atoms with van der Waals surface area (Å²) in [6.07, 6.45) is 2.52. The van der Waals surface area contributed by atoms with Crippen LogP contribution in [0.4, 0.5) is 4.39 Å². The topological polar surface area (TPSA) is 12.0 Å². The molecule has 1 aromatic carbocycles. The monoisotopic (exact) mass is 259 g/mol. The zero-order valence-electron chi connectivity index (χ0n) is 9.01. The van der Waals surface area contributed by atoms with Crippen LogP contribution in [0, 0.1) is 5.82 Å². The van der Waals surface area contributed by atoms with E-state index in [4.69, 9.17) is 11.6 Å². The Labute approximate surface area is 105 Å². The second-order valence-electron chi connectivity index (χ2n) is 4.04. The zero-order chi connectivity index (χ0) is 11.4. The van der Waals surface area contributed by atoms with E-state index < -0.39 is 0 Å². The van der Waals surface area contributed by atoms with Crippen LogP contribution < -0.4 is 5.32 Å². The summed E-state index contributed by atoms with van der Waals surface area (Å²) < 4.78 is 12.9. The van der Waals surface area contributed by atoms with E-state index in [2.05, 4.69) is 5.32 Å². The van der Waals surface area contributed by atoms with Gasteiger partial charge in [-0.25, -0.2) is 4.39 Å². The largest absolute Gasteiger partial charge is 0.309 e. The van der Waals surface area contributed by atoms with Gasteiger partial charge in [0.2, 0.25) is 0 Å². The van der Waals surface area contributed by atoms with Crippen molar-refractivity contribution in [2.45, 2.75) is 25.4 Å². The van der Waals surface area contributed by atoms with Gasteiger partial charge >= 0.3 is 0 Å². The van der Waals surface area contributed by atoms with Crippen molar-refractivity contribution in [3.05, 3.63) is 34.6 Å². The number of rotatable bonds is 3. The first kappa shape index (κ1) is 12.2. The van der Waals surface area contributed by atoms with Gasteiger partial charge in [-0.05, 0) is 36.3 Å². The SMILES string of the molecule is Fc1ccc(CNC2CCCSC2)cc1Cl. The third-order valence-corrected chi connectivity index (χ3v) is 4.24. The van der Waals surface area contributed by atoms with Gasteiger partial charge in [0, 0.05) is 18.3 Å². The molecule has 1 saturated heterocycles. The summed E-state index contributed by atoms with van der Waals surface area (Å²) in [6.45, 7) is 0.769. The lowest BCUT2D eigenvalue weighted by Gasteiger charge is -2.22. The number of nitrogens with one attached hydrogen (secondary N) is 1. The summed E-state index contributed by atoms with van der Waals surface area (Å²) in [6, 6.07) is 5.49. The van der Waals surface area contributed by atoms with Gasteiger partial charge in [-0.3, -0.25) is 0 Å². The minimum Gasteiger partial charge on any atom is -0.309 e. The molecule has 1 aliphatic rings. The van der Waals surface area contributed by atoms with Crippen molar-refractivity contribution < 1.29 is 4.39 Å². The minimum atomic E-state index is -0.348. The van der Waals surface area contributed by atoms with Crippen LogP contribution >= 0.6 is 23.4 Å². The molecule has 0 aromatic heterocycles. The molecular weight excluding hydrogens is 245 g/mol. The predicted molar refractivity (Wildman–Crippen MR) is 68.6 cm³/mol. The van der Waals surface area contributed by atoms with Gasteiger partial charge in [0.15, 0.2) is 0 Å². The Morgan fingerprint density at radius 3 is 3.06 bits per heavy atom. The number of thioether (sulfide) groups is 1. The maximum Gasteiger partial charge on any atom is 0.141 e. The van der Waals surface area contributed by atoms with Crippen LogP contribution in [0.2, 0.25) is 5.02 Å². The van der Waals surface area contributed by atoms with Crippen LogP contribution in [0.3, 0.4) is 0 Å². The van der Waals surface area contributed by atoms with Gasteiger partial charge in [0.25, 0.3) is 0 Å². The molecule has 0 saturated carbocycles. The Morgan fingerprint density at radius 1 is 1.50 bits per heavy atom. The Morgan fingerprint density at radius 2 is 2.38 bits per heavy atom. The fourth-order valence-electron chi connectivity index (χ4n) is 1.81. The van der Waals surface area contributed by atoms with Gasteiger partial charge in [-0.15, -0.1) is 0 Å². The van der Waals surface area contributed by atoms with Crippen LogP contribution in [0.25, 0.3) is 0 Å². The van der Waals surface area contributed by atoms with Crippen molar-refractivity contribution in [2.75, 3.05) is 11.5 Å². The van der Waals surface area contributed by atoms with Gasteiger partial charge in [0.1, 0.15) is 5.82 Å². The van der Waals surface area contributed by atoms with Crippen LogP contribution in [-0.2, 0) is 6.54 Å². The van der Waals surface area contributed by atoms with Gasteiger partial charge in [-0.2, -0.15) is 11.8 Å². The van der Waals surface area contributed by atoms with Crippen LogP contribution in [0.5, 0.6) is 0 Å². The average molecular weight is 260 g/mol. The summed E-state index contributed by atoms with van der Waals surface area (Å²) in [4.78, 5) is 0. The third-order valence-electron chi connectivity index (χ3n) is 2.74. The number of benzene rings is 1. The van der Waals surface area contributed by atoms with E-state index in [9.17, 15) is 4.39 Å². The lowest BCUT2D eigenvalue weighted by Crippen LogP contribution is -2.33. The smallest absolute Gasteiger partial charge is 0.141 e. The van der Waals surface area contributed by atoms with E-state index in [0.717, 1.165) is 12.1 Å². The molecule has 1 heterocycles. The first-order valence-corrected chi connectivity index (χ1v) is 7.04. The first-order valence-electron chi connectivity index (χ1n) is 5.51. The van der Waals surface area contributed by atoms with Gasteiger partial charge < -0.3 is 5.32 Å². The highest BCUT2D eigenvalue weighted by atomic mass is 35.5. The standard InChI is InChI=1S/C12H15ClFNS/c13-11-6-9(3-4-12(11)14)7-15-10-2-1-5-16-8-10/h3-4,6,10,15H,1-2,5,7-8H2. The van der Waals surface area contributed by atoms with Crippen molar-refractivity contribution in [3.63, 3.8) is 0 Å². The van der Waals surface area contributed by atoms with Gasteiger partial charge in [0.05, 0.1) is 5.02 Å². The van der Waals surface area contributed by atoms with E-state index in [1.165, 1.54) is 30.4 Å². The highest BCUT2D eigenvalue weighted by Gasteiger charge is 2.12. The lowest BCUT2D eigenvalue weighted by molar-refractivity contribution is 0.507. The lowest BCUT2D eigenvalue weighted by atomic mass is 10.1. The molecule has 1 nitrogen and oxygen atoms in total. The molecule has 0 aliphatic carbocycles. The Hall–Kier alpha value is -0.250. The van der Waals surface area contributed by atoms with E-state index in [-0.39, 0.29) is 10.8 Å². The molecule has 1 unspecified atom stereocenters. The Bertz CT molecular complexity index is 353. The Balaban J connectivity index is 1.86. The normalized spacial score (nSPS) is 21.0. The molecule has 1 aromatic rings. The van der Waals surface area contributed by atoms with Gasteiger partial charge in [-0.1, -0.05) is 17.7 Å². The van der Waals surface area contributed by atoms with E-state index in [1.807, 2.05) is 11.8 Å². The second kappa shape index (κ2) is 5.89. The van der Waals surface area contributed by atoms with Crippen molar-refractivity contribution in [1.29, 1.82) is 0 Å². The van der Waals surface area contributed by atoms with E-state index in [0.29, 0.717) is 6.04 Å². The molecule has 0 radical (unpaired) electrons. The summed E-state index contributed by atoms with van der Waals surface area (Å²) in [5.41, 5.74) is 1.04.